The van der Waals surface area contributed by atoms with Crippen LogP contribution in [0.3, 0.4) is 0 Å². The Hall–Kier alpha value is -0.0800. The van der Waals surface area contributed by atoms with Crippen molar-refractivity contribution in [2.45, 2.75) is 32.2 Å². The van der Waals surface area contributed by atoms with Crippen molar-refractivity contribution in [2.24, 2.45) is 11.8 Å². The molecule has 2 aliphatic rings. The van der Waals surface area contributed by atoms with E-state index in [0.29, 0.717) is 0 Å². The summed E-state index contributed by atoms with van der Waals surface area (Å²) in [5.74, 6) is 1.83. The van der Waals surface area contributed by atoms with Gasteiger partial charge in [-0.15, -0.1) is 0 Å². The van der Waals surface area contributed by atoms with E-state index in [2.05, 4.69) is 24.2 Å². The third-order valence-electron chi connectivity index (χ3n) is 3.85. The van der Waals surface area contributed by atoms with Crippen molar-refractivity contribution in [3.63, 3.8) is 0 Å². The SMILES string of the molecule is CC1CCN(C)C1C1CCCNC1. The molecule has 2 heterocycles. The lowest BCUT2D eigenvalue weighted by molar-refractivity contribution is 0.168. The number of nitrogens with zero attached hydrogens (tertiary/aromatic N) is 1. The molecule has 2 heteroatoms. The van der Waals surface area contributed by atoms with E-state index in [1.807, 2.05) is 0 Å². The van der Waals surface area contributed by atoms with E-state index in [4.69, 9.17) is 0 Å². The molecule has 0 radical (unpaired) electrons. The van der Waals surface area contributed by atoms with E-state index >= 15 is 0 Å². The first-order chi connectivity index (χ1) is 6.29. The van der Waals surface area contributed by atoms with Crippen LogP contribution in [0, 0.1) is 11.8 Å². The van der Waals surface area contributed by atoms with Gasteiger partial charge in [0.05, 0.1) is 0 Å². The van der Waals surface area contributed by atoms with E-state index in [-0.39, 0.29) is 0 Å². The molecule has 2 rings (SSSR count). The van der Waals surface area contributed by atoms with E-state index < -0.39 is 0 Å². The molecular formula is C11H22N2. The molecular weight excluding hydrogens is 160 g/mol. The Morgan fingerprint density at radius 3 is 2.69 bits per heavy atom. The zero-order chi connectivity index (χ0) is 9.26. The van der Waals surface area contributed by atoms with Gasteiger partial charge in [0.1, 0.15) is 0 Å². The van der Waals surface area contributed by atoms with Crippen molar-refractivity contribution >= 4 is 0 Å². The van der Waals surface area contributed by atoms with Crippen LogP contribution in [0.5, 0.6) is 0 Å². The lowest BCUT2D eigenvalue weighted by atomic mass is 9.85. The number of piperidine rings is 1. The second-order valence-electron chi connectivity index (χ2n) is 4.84. The number of likely N-dealkylation sites (tertiary alicyclic amines) is 1. The van der Waals surface area contributed by atoms with Crippen molar-refractivity contribution in [3.05, 3.63) is 0 Å². The van der Waals surface area contributed by atoms with Crippen LogP contribution in [0.2, 0.25) is 0 Å². The van der Waals surface area contributed by atoms with Crippen LogP contribution in [-0.2, 0) is 0 Å². The van der Waals surface area contributed by atoms with Crippen LogP contribution < -0.4 is 5.32 Å². The molecule has 3 atom stereocenters. The summed E-state index contributed by atoms with van der Waals surface area (Å²) >= 11 is 0. The van der Waals surface area contributed by atoms with Crippen molar-refractivity contribution in [1.29, 1.82) is 0 Å². The summed E-state index contributed by atoms with van der Waals surface area (Å²) in [4.78, 5) is 2.57. The third kappa shape index (κ3) is 1.89. The predicted molar refractivity (Wildman–Crippen MR) is 55.8 cm³/mol. The Morgan fingerprint density at radius 1 is 1.31 bits per heavy atom. The van der Waals surface area contributed by atoms with Gasteiger partial charge in [0, 0.05) is 6.04 Å². The normalized spacial score (nSPS) is 42.5. The minimum atomic E-state index is 0.854. The summed E-state index contributed by atoms with van der Waals surface area (Å²) < 4.78 is 0. The van der Waals surface area contributed by atoms with Crippen molar-refractivity contribution < 1.29 is 0 Å². The molecule has 2 nitrogen and oxygen atoms in total. The summed E-state index contributed by atoms with van der Waals surface area (Å²) in [6, 6.07) is 0.854. The second-order valence-corrected chi connectivity index (χ2v) is 4.84. The highest BCUT2D eigenvalue weighted by Crippen LogP contribution is 2.31. The van der Waals surface area contributed by atoms with Gasteiger partial charge in [-0.2, -0.15) is 0 Å². The van der Waals surface area contributed by atoms with Gasteiger partial charge < -0.3 is 10.2 Å². The Balaban J connectivity index is 1.96. The second kappa shape index (κ2) is 3.97. The molecule has 0 amide bonds. The molecule has 2 aliphatic heterocycles. The molecule has 0 aliphatic carbocycles. The largest absolute Gasteiger partial charge is 0.316 e. The molecule has 0 bridgehead atoms. The molecule has 1 N–H and O–H groups in total. The van der Waals surface area contributed by atoms with Gasteiger partial charge in [-0.05, 0) is 57.8 Å². The van der Waals surface area contributed by atoms with Crippen LogP contribution in [0.1, 0.15) is 26.2 Å². The first-order valence-electron chi connectivity index (χ1n) is 5.70. The Kier molecular flexibility index (Phi) is 2.89. The smallest absolute Gasteiger partial charge is 0.0159 e. The number of hydrogen-bond acceptors (Lipinski definition) is 2. The third-order valence-corrected chi connectivity index (χ3v) is 3.85. The molecule has 0 aromatic rings. The highest BCUT2D eigenvalue weighted by molar-refractivity contribution is 4.90. The Morgan fingerprint density at radius 2 is 2.15 bits per heavy atom. The monoisotopic (exact) mass is 182 g/mol. The average Bonchev–Trinajstić information content (AvgIpc) is 2.48. The van der Waals surface area contributed by atoms with Crippen LogP contribution in [0.4, 0.5) is 0 Å². The summed E-state index contributed by atoms with van der Waals surface area (Å²) in [5.41, 5.74) is 0. The summed E-state index contributed by atoms with van der Waals surface area (Å²) in [5, 5.41) is 3.53. The average molecular weight is 182 g/mol. The molecule has 3 unspecified atom stereocenters. The van der Waals surface area contributed by atoms with Gasteiger partial charge in [-0.1, -0.05) is 6.92 Å². The number of rotatable bonds is 1. The van der Waals surface area contributed by atoms with Crippen LogP contribution in [-0.4, -0.2) is 37.6 Å². The summed E-state index contributed by atoms with van der Waals surface area (Å²) in [7, 11) is 2.29. The maximum atomic E-state index is 3.53. The lowest BCUT2D eigenvalue weighted by Gasteiger charge is -2.34. The van der Waals surface area contributed by atoms with Gasteiger partial charge in [0.25, 0.3) is 0 Å². The molecule has 13 heavy (non-hydrogen) atoms. The first-order valence-corrected chi connectivity index (χ1v) is 5.70. The van der Waals surface area contributed by atoms with Crippen LogP contribution in [0.25, 0.3) is 0 Å². The van der Waals surface area contributed by atoms with Gasteiger partial charge in [-0.3, -0.25) is 0 Å². The van der Waals surface area contributed by atoms with Gasteiger partial charge >= 0.3 is 0 Å². The van der Waals surface area contributed by atoms with Crippen molar-refractivity contribution in [3.8, 4) is 0 Å². The van der Waals surface area contributed by atoms with E-state index in [0.717, 1.165) is 17.9 Å². The molecule has 0 aromatic heterocycles. The van der Waals surface area contributed by atoms with E-state index in [1.54, 1.807) is 0 Å². The summed E-state index contributed by atoms with van der Waals surface area (Å²) in [6.45, 7) is 6.21. The minimum Gasteiger partial charge on any atom is -0.316 e. The highest BCUT2D eigenvalue weighted by Gasteiger charge is 2.35. The topological polar surface area (TPSA) is 15.3 Å². The van der Waals surface area contributed by atoms with Crippen molar-refractivity contribution in [2.75, 3.05) is 26.7 Å². The molecule has 2 fully saturated rings. The fraction of sp³-hybridized carbons (Fsp3) is 1.00. The first kappa shape index (κ1) is 9.47. The zero-order valence-electron chi connectivity index (χ0n) is 8.92. The van der Waals surface area contributed by atoms with Crippen LogP contribution in [0.15, 0.2) is 0 Å². The number of nitrogens with one attached hydrogen (secondary N) is 1. The van der Waals surface area contributed by atoms with Gasteiger partial charge in [-0.25, -0.2) is 0 Å². The molecule has 0 aromatic carbocycles. The standard InChI is InChI=1S/C11H22N2/c1-9-5-7-13(2)11(9)10-4-3-6-12-8-10/h9-12H,3-8H2,1-2H3. The van der Waals surface area contributed by atoms with Crippen molar-refractivity contribution in [1.82, 2.24) is 10.2 Å². The maximum absolute atomic E-state index is 3.53. The Bertz CT molecular complexity index is 153. The molecule has 76 valence electrons. The molecule has 2 saturated heterocycles. The van der Waals surface area contributed by atoms with Crippen LogP contribution >= 0.6 is 0 Å². The molecule has 0 saturated carbocycles. The Labute approximate surface area is 81.7 Å². The van der Waals surface area contributed by atoms with Gasteiger partial charge in [0.15, 0.2) is 0 Å². The molecule has 0 spiro atoms. The zero-order valence-corrected chi connectivity index (χ0v) is 8.92. The maximum Gasteiger partial charge on any atom is 0.0159 e. The predicted octanol–water partition coefficient (Wildman–Crippen LogP) is 1.33. The van der Waals surface area contributed by atoms with E-state index in [1.165, 1.54) is 38.9 Å². The highest BCUT2D eigenvalue weighted by atomic mass is 15.2. The number of hydrogen-bond donors (Lipinski definition) is 1. The summed E-state index contributed by atoms with van der Waals surface area (Å²) in [6.07, 6.45) is 4.21. The fourth-order valence-corrected chi connectivity index (χ4v) is 3.16. The van der Waals surface area contributed by atoms with E-state index in [9.17, 15) is 0 Å². The lowest BCUT2D eigenvalue weighted by Crippen LogP contribution is -2.43. The van der Waals surface area contributed by atoms with Gasteiger partial charge in [0.2, 0.25) is 0 Å². The minimum absolute atomic E-state index is 0.854. The quantitative estimate of drug-likeness (QED) is 0.658. The fourth-order valence-electron chi connectivity index (χ4n) is 3.16.